The van der Waals surface area contributed by atoms with E-state index in [0.29, 0.717) is 12.3 Å². The minimum absolute atomic E-state index is 0.219. The van der Waals surface area contributed by atoms with Crippen molar-refractivity contribution in [3.05, 3.63) is 23.0 Å². The van der Waals surface area contributed by atoms with Crippen molar-refractivity contribution in [3.63, 3.8) is 0 Å². The lowest BCUT2D eigenvalue weighted by Crippen LogP contribution is -1.99. The first kappa shape index (κ1) is 11.3. The fraction of sp³-hybridized carbons (Fsp3) is 0.545. The normalized spacial score (nSPS) is 10.5. The van der Waals surface area contributed by atoms with Crippen molar-refractivity contribution in [1.29, 1.82) is 0 Å². The Morgan fingerprint density at radius 1 is 1.43 bits per heavy atom. The number of hydrogen-bond acceptors (Lipinski definition) is 1. The maximum absolute atomic E-state index is 11.7. The van der Waals surface area contributed by atoms with E-state index in [1.165, 1.54) is 0 Å². The molecular weight excluding hydrogens is 198 g/mol. The third-order valence-electron chi connectivity index (χ3n) is 2.24. The molecule has 0 atom stereocenters. The molecule has 0 aliphatic rings. The van der Waals surface area contributed by atoms with Crippen molar-refractivity contribution in [2.24, 2.45) is 0 Å². The van der Waals surface area contributed by atoms with E-state index in [-0.39, 0.29) is 5.78 Å². The first-order valence-corrected chi connectivity index (χ1v) is 5.44. The quantitative estimate of drug-likeness (QED) is 0.455. The maximum Gasteiger partial charge on any atom is 0.164 e. The van der Waals surface area contributed by atoms with Gasteiger partial charge in [0.05, 0.1) is 0 Å². The van der Waals surface area contributed by atoms with E-state index >= 15 is 0 Å². The van der Waals surface area contributed by atoms with Crippen LogP contribution in [0.1, 0.15) is 41.0 Å². The van der Waals surface area contributed by atoms with Crippen molar-refractivity contribution >= 4 is 17.4 Å². The van der Waals surface area contributed by atoms with Gasteiger partial charge in [-0.05, 0) is 32.8 Å². The van der Waals surface area contributed by atoms with Gasteiger partial charge in [-0.25, -0.2) is 0 Å². The minimum Gasteiger partial charge on any atom is -0.362 e. The second-order valence-electron chi connectivity index (χ2n) is 3.56. The summed E-state index contributed by atoms with van der Waals surface area (Å²) in [7, 11) is 0. The van der Waals surface area contributed by atoms with Gasteiger partial charge in [0.1, 0.15) is 0 Å². The van der Waals surface area contributed by atoms with Gasteiger partial charge in [0.2, 0.25) is 0 Å². The predicted molar refractivity (Wildman–Crippen MR) is 59.2 cm³/mol. The second kappa shape index (κ2) is 5.20. The van der Waals surface area contributed by atoms with E-state index in [1.54, 1.807) is 0 Å². The minimum atomic E-state index is 0.219. The lowest BCUT2D eigenvalue weighted by atomic mass is 10.1. The second-order valence-corrected chi connectivity index (χ2v) is 3.94. The highest BCUT2D eigenvalue weighted by atomic mass is 35.5. The first-order valence-electron chi connectivity index (χ1n) is 4.90. The Kier molecular flexibility index (Phi) is 4.21. The number of nitrogens with one attached hydrogen (secondary N) is 1. The van der Waals surface area contributed by atoms with Crippen molar-refractivity contribution in [1.82, 2.24) is 4.98 Å². The SMILES string of the molecule is Cc1cc(C(=O)CCCCCl)c(C)[nH]1. The number of carbonyl (C=O) groups is 1. The van der Waals surface area contributed by atoms with Crippen LogP contribution in [0.15, 0.2) is 6.07 Å². The zero-order chi connectivity index (χ0) is 10.6. The van der Waals surface area contributed by atoms with Crippen molar-refractivity contribution in [2.45, 2.75) is 33.1 Å². The third kappa shape index (κ3) is 2.88. The molecule has 0 fully saturated rings. The molecule has 1 aromatic heterocycles. The number of aryl methyl sites for hydroxylation is 2. The number of aromatic amines is 1. The Labute approximate surface area is 89.7 Å². The zero-order valence-electron chi connectivity index (χ0n) is 8.69. The number of carbonyl (C=O) groups excluding carboxylic acids is 1. The van der Waals surface area contributed by atoms with E-state index in [0.717, 1.165) is 29.8 Å². The highest BCUT2D eigenvalue weighted by Gasteiger charge is 2.10. The molecule has 1 aromatic rings. The lowest BCUT2D eigenvalue weighted by molar-refractivity contribution is 0.0979. The van der Waals surface area contributed by atoms with Gasteiger partial charge < -0.3 is 4.98 Å². The van der Waals surface area contributed by atoms with Gasteiger partial charge in [0.25, 0.3) is 0 Å². The number of alkyl halides is 1. The maximum atomic E-state index is 11.7. The molecule has 0 aliphatic carbocycles. The fourth-order valence-electron chi connectivity index (χ4n) is 1.53. The molecule has 0 saturated heterocycles. The van der Waals surface area contributed by atoms with Gasteiger partial charge in [0.15, 0.2) is 5.78 Å². The monoisotopic (exact) mass is 213 g/mol. The largest absolute Gasteiger partial charge is 0.362 e. The van der Waals surface area contributed by atoms with E-state index in [1.807, 2.05) is 19.9 Å². The van der Waals surface area contributed by atoms with Crippen LogP contribution in [0.3, 0.4) is 0 Å². The van der Waals surface area contributed by atoms with Crippen LogP contribution in [0.2, 0.25) is 0 Å². The summed E-state index contributed by atoms with van der Waals surface area (Å²) in [6, 6.07) is 1.92. The molecule has 0 saturated carbocycles. The summed E-state index contributed by atoms with van der Waals surface area (Å²) >= 11 is 5.55. The fourth-order valence-corrected chi connectivity index (χ4v) is 1.72. The van der Waals surface area contributed by atoms with Crippen molar-refractivity contribution < 1.29 is 4.79 Å². The Bertz CT molecular complexity index is 317. The van der Waals surface area contributed by atoms with Gasteiger partial charge in [0, 0.05) is 29.3 Å². The highest BCUT2D eigenvalue weighted by molar-refractivity contribution is 6.17. The van der Waals surface area contributed by atoms with Crippen LogP contribution in [-0.2, 0) is 0 Å². The summed E-state index contributed by atoms with van der Waals surface area (Å²) in [6.07, 6.45) is 2.40. The molecular formula is C11H16ClNO. The smallest absolute Gasteiger partial charge is 0.164 e. The molecule has 1 heterocycles. The zero-order valence-corrected chi connectivity index (χ0v) is 9.45. The molecule has 0 aromatic carbocycles. The Balaban J connectivity index is 2.56. The number of aromatic nitrogens is 1. The van der Waals surface area contributed by atoms with Gasteiger partial charge in [-0.2, -0.15) is 0 Å². The standard InChI is InChI=1S/C11H16ClNO/c1-8-7-10(9(2)13-8)11(14)5-3-4-6-12/h7,13H,3-6H2,1-2H3. The average molecular weight is 214 g/mol. The molecule has 0 spiro atoms. The molecule has 0 radical (unpaired) electrons. The highest BCUT2D eigenvalue weighted by Crippen LogP contribution is 2.13. The average Bonchev–Trinajstić information content (AvgIpc) is 2.45. The van der Waals surface area contributed by atoms with Gasteiger partial charge >= 0.3 is 0 Å². The summed E-state index contributed by atoms with van der Waals surface area (Å²) in [4.78, 5) is 14.8. The molecule has 2 nitrogen and oxygen atoms in total. The molecule has 1 rings (SSSR count). The summed E-state index contributed by atoms with van der Waals surface area (Å²) < 4.78 is 0. The number of H-pyrrole nitrogens is 1. The lowest BCUT2D eigenvalue weighted by Gasteiger charge is -1.98. The predicted octanol–water partition coefficient (Wildman–Crippen LogP) is 3.22. The Hall–Kier alpha value is -0.760. The molecule has 3 heteroatoms. The van der Waals surface area contributed by atoms with Crippen LogP contribution in [0.5, 0.6) is 0 Å². The van der Waals surface area contributed by atoms with Gasteiger partial charge in [-0.3, -0.25) is 4.79 Å². The molecule has 0 bridgehead atoms. The molecule has 0 aliphatic heterocycles. The summed E-state index contributed by atoms with van der Waals surface area (Å²) in [6.45, 7) is 3.89. The molecule has 14 heavy (non-hydrogen) atoms. The van der Waals surface area contributed by atoms with E-state index < -0.39 is 0 Å². The third-order valence-corrected chi connectivity index (χ3v) is 2.50. The summed E-state index contributed by atoms with van der Waals surface area (Å²) in [5.74, 6) is 0.857. The number of unbranched alkanes of at least 4 members (excludes halogenated alkanes) is 1. The summed E-state index contributed by atoms with van der Waals surface area (Å²) in [5, 5.41) is 0. The van der Waals surface area contributed by atoms with Gasteiger partial charge in [-0.15, -0.1) is 11.6 Å². The van der Waals surface area contributed by atoms with Crippen molar-refractivity contribution in [3.8, 4) is 0 Å². The summed E-state index contributed by atoms with van der Waals surface area (Å²) in [5.41, 5.74) is 2.85. The molecule has 78 valence electrons. The van der Waals surface area contributed by atoms with Gasteiger partial charge in [-0.1, -0.05) is 0 Å². The molecule has 0 unspecified atom stereocenters. The molecule has 0 amide bonds. The van der Waals surface area contributed by atoms with Crippen LogP contribution in [0, 0.1) is 13.8 Å². The number of ketones is 1. The van der Waals surface area contributed by atoms with Crippen LogP contribution in [-0.4, -0.2) is 16.6 Å². The van der Waals surface area contributed by atoms with Crippen LogP contribution in [0.4, 0.5) is 0 Å². The number of Topliss-reactive ketones (excluding diaryl/α,β-unsaturated/α-hetero) is 1. The Morgan fingerprint density at radius 2 is 2.14 bits per heavy atom. The Morgan fingerprint density at radius 3 is 2.64 bits per heavy atom. The first-order chi connectivity index (χ1) is 6.65. The van der Waals surface area contributed by atoms with E-state index in [4.69, 9.17) is 11.6 Å². The van der Waals surface area contributed by atoms with E-state index in [2.05, 4.69) is 4.98 Å². The topological polar surface area (TPSA) is 32.9 Å². The van der Waals surface area contributed by atoms with Crippen LogP contribution in [0.25, 0.3) is 0 Å². The number of hydrogen-bond donors (Lipinski definition) is 1. The number of halogens is 1. The molecule has 1 N–H and O–H groups in total. The van der Waals surface area contributed by atoms with Crippen LogP contribution >= 0.6 is 11.6 Å². The van der Waals surface area contributed by atoms with E-state index in [9.17, 15) is 4.79 Å². The number of rotatable bonds is 5. The van der Waals surface area contributed by atoms with Crippen molar-refractivity contribution in [2.75, 3.05) is 5.88 Å². The van der Waals surface area contributed by atoms with Crippen LogP contribution < -0.4 is 0 Å².